The molecule has 0 unspecified atom stereocenters. The maximum atomic E-state index is 10.3. The van der Waals surface area contributed by atoms with Crippen LogP contribution in [0.3, 0.4) is 0 Å². The standard InChI is InChI=1S/C14H21NO2/c16-13-8-4-5-9-14(13,17)11-15-10-12-6-2-1-3-7-12/h1-3,6-7,13,15-17H,4-5,8-11H2/t13-,14+/m0/s1. The molecule has 94 valence electrons. The second-order valence-corrected chi connectivity index (χ2v) is 4.95. The summed E-state index contributed by atoms with van der Waals surface area (Å²) >= 11 is 0. The SMILES string of the molecule is O[C@H]1CCCC[C@@]1(O)CNCc1ccccc1. The number of benzene rings is 1. The van der Waals surface area contributed by atoms with Gasteiger partial charge in [0.15, 0.2) is 0 Å². The minimum Gasteiger partial charge on any atom is -0.390 e. The Balaban J connectivity index is 1.81. The predicted octanol–water partition coefficient (Wildman–Crippen LogP) is 1.44. The fourth-order valence-electron chi connectivity index (χ4n) is 2.43. The van der Waals surface area contributed by atoms with Gasteiger partial charge in [-0.3, -0.25) is 0 Å². The zero-order valence-corrected chi connectivity index (χ0v) is 10.1. The second kappa shape index (κ2) is 5.63. The summed E-state index contributed by atoms with van der Waals surface area (Å²) in [6.45, 7) is 1.19. The third-order valence-electron chi connectivity index (χ3n) is 3.56. The first-order valence-electron chi connectivity index (χ1n) is 6.36. The summed E-state index contributed by atoms with van der Waals surface area (Å²) in [5.74, 6) is 0. The first-order chi connectivity index (χ1) is 8.21. The molecule has 2 atom stereocenters. The minimum absolute atomic E-state index is 0.461. The molecule has 0 saturated heterocycles. The van der Waals surface area contributed by atoms with Gasteiger partial charge in [0.1, 0.15) is 5.60 Å². The van der Waals surface area contributed by atoms with E-state index in [9.17, 15) is 10.2 Å². The fraction of sp³-hybridized carbons (Fsp3) is 0.571. The van der Waals surface area contributed by atoms with Crippen molar-refractivity contribution in [1.82, 2.24) is 5.32 Å². The van der Waals surface area contributed by atoms with Crippen molar-refractivity contribution in [2.75, 3.05) is 6.54 Å². The van der Waals surface area contributed by atoms with Crippen LogP contribution in [0.5, 0.6) is 0 Å². The van der Waals surface area contributed by atoms with E-state index >= 15 is 0 Å². The van der Waals surface area contributed by atoms with Gasteiger partial charge in [-0.15, -0.1) is 0 Å². The van der Waals surface area contributed by atoms with Gasteiger partial charge < -0.3 is 15.5 Å². The second-order valence-electron chi connectivity index (χ2n) is 4.95. The van der Waals surface area contributed by atoms with E-state index in [0.29, 0.717) is 19.4 Å². The summed E-state index contributed by atoms with van der Waals surface area (Å²) < 4.78 is 0. The zero-order valence-electron chi connectivity index (χ0n) is 10.1. The van der Waals surface area contributed by atoms with Crippen LogP contribution in [-0.4, -0.2) is 28.5 Å². The highest BCUT2D eigenvalue weighted by atomic mass is 16.3. The van der Waals surface area contributed by atoms with Crippen molar-refractivity contribution in [2.45, 2.75) is 43.9 Å². The van der Waals surface area contributed by atoms with E-state index in [-0.39, 0.29) is 0 Å². The lowest BCUT2D eigenvalue weighted by molar-refractivity contribution is -0.0975. The average molecular weight is 235 g/mol. The maximum Gasteiger partial charge on any atom is 0.103 e. The molecular weight excluding hydrogens is 214 g/mol. The Labute approximate surface area is 102 Å². The number of hydrogen-bond acceptors (Lipinski definition) is 3. The van der Waals surface area contributed by atoms with Gasteiger partial charge in [0.2, 0.25) is 0 Å². The molecule has 1 fully saturated rings. The van der Waals surface area contributed by atoms with Crippen LogP contribution in [0.4, 0.5) is 0 Å². The van der Waals surface area contributed by atoms with Crippen LogP contribution < -0.4 is 5.32 Å². The molecule has 17 heavy (non-hydrogen) atoms. The molecular formula is C14H21NO2. The molecule has 1 saturated carbocycles. The van der Waals surface area contributed by atoms with Crippen molar-refractivity contribution >= 4 is 0 Å². The van der Waals surface area contributed by atoms with Crippen molar-refractivity contribution in [3.63, 3.8) is 0 Å². The smallest absolute Gasteiger partial charge is 0.103 e. The Morgan fingerprint density at radius 1 is 1.24 bits per heavy atom. The van der Waals surface area contributed by atoms with E-state index in [1.54, 1.807) is 0 Å². The van der Waals surface area contributed by atoms with Gasteiger partial charge in [-0.05, 0) is 18.4 Å². The lowest BCUT2D eigenvalue weighted by Crippen LogP contribution is -2.51. The minimum atomic E-state index is -0.937. The quantitative estimate of drug-likeness (QED) is 0.740. The molecule has 0 spiro atoms. The highest BCUT2D eigenvalue weighted by Gasteiger charge is 2.37. The lowest BCUT2D eigenvalue weighted by atomic mass is 9.82. The molecule has 0 radical (unpaired) electrons. The molecule has 2 rings (SSSR count). The zero-order chi connectivity index (χ0) is 12.1. The van der Waals surface area contributed by atoms with Crippen LogP contribution in [0.15, 0.2) is 30.3 Å². The van der Waals surface area contributed by atoms with E-state index in [0.717, 1.165) is 19.4 Å². The number of rotatable bonds is 4. The van der Waals surface area contributed by atoms with Crippen LogP contribution in [0, 0.1) is 0 Å². The Kier molecular flexibility index (Phi) is 4.15. The third-order valence-corrected chi connectivity index (χ3v) is 3.56. The molecule has 1 aliphatic carbocycles. The van der Waals surface area contributed by atoms with Crippen molar-refractivity contribution in [3.8, 4) is 0 Å². The summed E-state index contributed by atoms with van der Waals surface area (Å²) in [4.78, 5) is 0. The summed E-state index contributed by atoms with van der Waals surface area (Å²) in [7, 11) is 0. The monoisotopic (exact) mass is 235 g/mol. The van der Waals surface area contributed by atoms with Gasteiger partial charge in [-0.25, -0.2) is 0 Å². The van der Waals surface area contributed by atoms with Gasteiger partial charge in [-0.2, -0.15) is 0 Å². The maximum absolute atomic E-state index is 10.3. The van der Waals surface area contributed by atoms with Gasteiger partial charge in [0, 0.05) is 13.1 Å². The van der Waals surface area contributed by atoms with E-state index in [1.807, 2.05) is 30.3 Å². The molecule has 3 heteroatoms. The van der Waals surface area contributed by atoms with Crippen LogP contribution in [0.2, 0.25) is 0 Å². The topological polar surface area (TPSA) is 52.5 Å². The van der Waals surface area contributed by atoms with E-state index in [2.05, 4.69) is 5.32 Å². The lowest BCUT2D eigenvalue weighted by Gasteiger charge is -2.37. The molecule has 0 aliphatic heterocycles. The average Bonchev–Trinajstić information content (AvgIpc) is 2.35. The molecule has 1 aliphatic rings. The Bertz CT molecular complexity index is 341. The van der Waals surface area contributed by atoms with Crippen molar-refractivity contribution in [2.24, 2.45) is 0 Å². The Hall–Kier alpha value is -0.900. The molecule has 1 aromatic rings. The Morgan fingerprint density at radius 3 is 2.71 bits per heavy atom. The molecule has 1 aromatic carbocycles. The highest BCUT2D eigenvalue weighted by Crippen LogP contribution is 2.27. The largest absolute Gasteiger partial charge is 0.390 e. The van der Waals surface area contributed by atoms with Crippen LogP contribution in [-0.2, 0) is 6.54 Å². The summed E-state index contributed by atoms with van der Waals surface area (Å²) in [5.41, 5.74) is 0.258. The van der Waals surface area contributed by atoms with E-state index < -0.39 is 11.7 Å². The molecule has 0 aromatic heterocycles. The van der Waals surface area contributed by atoms with Gasteiger partial charge in [-0.1, -0.05) is 43.2 Å². The number of aliphatic hydroxyl groups excluding tert-OH is 1. The summed E-state index contributed by atoms with van der Waals surface area (Å²) in [6.07, 6.45) is 2.84. The van der Waals surface area contributed by atoms with Crippen LogP contribution >= 0.6 is 0 Å². The number of hydrogen-bond donors (Lipinski definition) is 3. The molecule has 0 heterocycles. The van der Waals surface area contributed by atoms with Crippen molar-refractivity contribution in [1.29, 1.82) is 0 Å². The molecule has 3 N–H and O–H groups in total. The molecule has 0 bridgehead atoms. The van der Waals surface area contributed by atoms with Gasteiger partial charge in [0.25, 0.3) is 0 Å². The predicted molar refractivity (Wildman–Crippen MR) is 67.6 cm³/mol. The Morgan fingerprint density at radius 2 is 2.00 bits per heavy atom. The van der Waals surface area contributed by atoms with Crippen molar-refractivity contribution < 1.29 is 10.2 Å². The fourth-order valence-corrected chi connectivity index (χ4v) is 2.43. The van der Waals surface area contributed by atoms with Crippen LogP contribution in [0.25, 0.3) is 0 Å². The molecule has 3 nitrogen and oxygen atoms in total. The number of nitrogens with one attached hydrogen (secondary N) is 1. The van der Waals surface area contributed by atoms with Gasteiger partial charge in [0.05, 0.1) is 6.10 Å². The first-order valence-corrected chi connectivity index (χ1v) is 6.36. The summed E-state index contributed by atoms with van der Waals surface area (Å²) in [5, 5.41) is 23.4. The third kappa shape index (κ3) is 3.28. The first kappa shape index (κ1) is 12.6. The van der Waals surface area contributed by atoms with E-state index in [4.69, 9.17) is 0 Å². The van der Waals surface area contributed by atoms with E-state index in [1.165, 1.54) is 5.56 Å². The normalized spacial score (nSPS) is 29.2. The van der Waals surface area contributed by atoms with Crippen LogP contribution in [0.1, 0.15) is 31.2 Å². The molecule has 0 amide bonds. The highest BCUT2D eigenvalue weighted by molar-refractivity contribution is 5.14. The van der Waals surface area contributed by atoms with Gasteiger partial charge >= 0.3 is 0 Å². The summed E-state index contributed by atoms with van der Waals surface area (Å²) in [6, 6.07) is 10.1. The number of aliphatic hydroxyl groups is 2. The van der Waals surface area contributed by atoms with Crippen molar-refractivity contribution in [3.05, 3.63) is 35.9 Å².